The van der Waals surface area contributed by atoms with Crippen LogP contribution >= 0.6 is 0 Å². The summed E-state index contributed by atoms with van der Waals surface area (Å²) < 4.78 is 25.6. The van der Waals surface area contributed by atoms with Crippen LogP contribution in [0.5, 0.6) is 11.5 Å². The Morgan fingerprint density at radius 2 is 1.95 bits per heavy atom. The summed E-state index contributed by atoms with van der Waals surface area (Å²) in [6.45, 7) is 2.22. The van der Waals surface area contributed by atoms with Gasteiger partial charge in [-0.25, -0.2) is 14.2 Å². The lowest BCUT2D eigenvalue weighted by atomic mass is 9.90. The average molecular weight is 524 g/mol. The van der Waals surface area contributed by atoms with Gasteiger partial charge in [0.2, 0.25) is 0 Å². The van der Waals surface area contributed by atoms with Crippen LogP contribution in [-0.4, -0.2) is 68.1 Å². The van der Waals surface area contributed by atoms with E-state index in [0.717, 1.165) is 44.3 Å². The van der Waals surface area contributed by atoms with Gasteiger partial charge in [0.1, 0.15) is 11.4 Å². The number of H-pyrrole nitrogens is 1. The number of aromatic amines is 1. The zero-order chi connectivity index (χ0) is 27.0. The maximum Gasteiger partial charge on any atom is 0.329 e. The van der Waals surface area contributed by atoms with Crippen molar-refractivity contribution in [3.8, 4) is 11.5 Å². The van der Waals surface area contributed by atoms with Crippen molar-refractivity contribution >= 4 is 34.2 Å². The third-order valence-corrected chi connectivity index (χ3v) is 7.72. The van der Waals surface area contributed by atoms with E-state index in [-0.39, 0.29) is 23.8 Å². The first-order chi connectivity index (χ1) is 18.3. The molecular weight excluding hydrogens is 489 g/mol. The molecule has 10 heteroatoms. The molecule has 0 saturated carbocycles. The fraction of sp³-hybridized carbons (Fsp3) is 0.464. The van der Waals surface area contributed by atoms with Crippen molar-refractivity contribution in [2.75, 3.05) is 51.2 Å². The number of ether oxygens (including phenoxy) is 2. The van der Waals surface area contributed by atoms with E-state index in [2.05, 4.69) is 21.9 Å². The van der Waals surface area contributed by atoms with Crippen molar-refractivity contribution in [3.05, 3.63) is 41.5 Å². The van der Waals surface area contributed by atoms with Gasteiger partial charge in [-0.2, -0.15) is 0 Å². The Morgan fingerprint density at radius 1 is 1.13 bits per heavy atom. The highest BCUT2D eigenvalue weighted by molar-refractivity contribution is 6.12. The molecule has 0 radical (unpaired) electrons. The standard InChI is InChI=1S/C28H34FN5O4/c1-32-9-6-5-7-17(8-10-32)11-23(35)21-14-20-26-18(15-30-27(20)31-21)16-34(28(36)33(26)2)22-12-19(37-3)13-24(38-4)25(22)29/h12-15,17H,5-11,16H2,1-4H3,(H,30,31). The minimum atomic E-state index is -0.650. The normalized spacial score (nSPS) is 18.8. The number of pyridine rings is 1. The van der Waals surface area contributed by atoms with E-state index in [4.69, 9.17) is 9.47 Å². The van der Waals surface area contributed by atoms with Gasteiger partial charge in [0, 0.05) is 42.7 Å². The molecule has 1 fully saturated rings. The minimum absolute atomic E-state index is 0.0149. The molecule has 1 aromatic carbocycles. The van der Waals surface area contributed by atoms with Crippen molar-refractivity contribution in [1.29, 1.82) is 0 Å². The van der Waals surface area contributed by atoms with E-state index >= 15 is 4.39 Å². The van der Waals surface area contributed by atoms with Crippen LogP contribution in [0.2, 0.25) is 0 Å². The molecular formula is C28H34FN5O4. The molecule has 1 unspecified atom stereocenters. The second kappa shape index (κ2) is 10.6. The largest absolute Gasteiger partial charge is 0.497 e. The Morgan fingerprint density at radius 3 is 2.71 bits per heavy atom. The molecule has 0 spiro atoms. The van der Waals surface area contributed by atoms with Crippen molar-refractivity contribution in [3.63, 3.8) is 0 Å². The Hall–Kier alpha value is -3.66. The number of ketones is 1. The molecule has 1 N–H and O–H groups in total. The van der Waals surface area contributed by atoms with Crippen LogP contribution in [0.1, 0.15) is 48.2 Å². The number of aromatic nitrogens is 2. The highest BCUT2D eigenvalue weighted by atomic mass is 19.1. The number of anilines is 2. The number of carbonyl (C=O) groups is 2. The van der Waals surface area contributed by atoms with E-state index in [1.54, 1.807) is 19.3 Å². The number of halogens is 1. The number of likely N-dealkylation sites (tertiary alicyclic amines) is 1. The Kier molecular flexibility index (Phi) is 7.25. The van der Waals surface area contributed by atoms with Gasteiger partial charge in [0.05, 0.1) is 37.8 Å². The summed E-state index contributed by atoms with van der Waals surface area (Å²) in [7, 11) is 6.61. The summed E-state index contributed by atoms with van der Waals surface area (Å²) in [5.41, 5.74) is 2.50. The topological polar surface area (TPSA) is 91.0 Å². The summed E-state index contributed by atoms with van der Waals surface area (Å²) in [4.78, 5) is 39.6. The van der Waals surface area contributed by atoms with Crippen LogP contribution in [-0.2, 0) is 6.54 Å². The van der Waals surface area contributed by atoms with E-state index in [1.807, 2.05) is 0 Å². The molecule has 38 heavy (non-hydrogen) atoms. The molecule has 1 saturated heterocycles. The Balaban J connectivity index is 1.44. The van der Waals surface area contributed by atoms with Gasteiger partial charge < -0.3 is 19.4 Å². The maximum atomic E-state index is 15.2. The van der Waals surface area contributed by atoms with Crippen LogP contribution in [0.25, 0.3) is 11.0 Å². The maximum absolute atomic E-state index is 15.2. The fourth-order valence-electron chi connectivity index (χ4n) is 5.54. The molecule has 4 heterocycles. The number of nitrogens with one attached hydrogen (secondary N) is 1. The summed E-state index contributed by atoms with van der Waals surface area (Å²) in [5, 5.41) is 0.697. The van der Waals surface area contributed by atoms with Gasteiger partial charge >= 0.3 is 6.03 Å². The van der Waals surface area contributed by atoms with Gasteiger partial charge in [0.15, 0.2) is 17.3 Å². The smallest absolute Gasteiger partial charge is 0.329 e. The van der Waals surface area contributed by atoms with Crippen LogP contribution in [0.15, 0.2) is 24.4 Å². The molecule has 2 aliphatic heterocycles. The van der Waals surface area contributed by atoms with E-state index in [9.17, 15) is 9.59 Å². The lowest BCUT2D eigenvalue weighted by Gasteiger charge is -2.35. The van der Waals surface area contributed by atoms with Gasteiger partial charge in [-0.3, -0.25) is 14.6 Å². The summed E-state index contributed by atoms with van der Waals surface area (Å²) >= 11 is 0. The zero-order valence-electron chi connectivity index (χ0n) is 22.3. The van der Waals surface area contributed by atoms with Crippen LogP contribution in [0, 0.1) is 11.7 Å². The number of amides is 2. The zero-order valence-corrected chi connectivity index (χ0v) is 22.3. The van der Waals surface area contributed by atoms with Crippen LogP contribution in [0.4, 0.5) is 20.6 Å². The monoisotopic (exact) mass is 523 g/mol. The number of nitrogens with zero attached hydrogens (tertiary/aromatic N) is 4. The van der Waals surface area contributed by atoms with Gasteiger partial charge in [-0.15, -0.1) is 0 Å². The summed E-state index contributed by atoms with van der Waals surface area (Å²) in [6, 6.07) is 4.30. The first kappa shape index (κ1) is 26.0. The molecule has 9 nitrogen and oxygen atoms in total. The highest BCUT2D eigenvalue weighted by Crippen LogP contribution is 2.40. The van der Waals surface area contributed by atoms with E-state index < -0.39 is 11.8 Å². The number of Topliss-reactive ketones (excluding diaryl/α,β-unsaturated/α-hetero) is 1. The number of urea groups is 1. The van der Waals surface area contributed by atoms with E-state index in [0.29, 0.717) is 40.5 Å². The number of methoxy groups -OCH3 is 2. The molecule has 2 aromatic heterocycles. The number of hydrogen-bond donors (Lipinski definition) is 1. The molecule has 2 aliphatic rings. The first-order valence-electron chi connectivity index (χ1n) is 13.0. The van der Waals surface area contributed by atoms with Crippen molar-refractivity contribution < 1.29 is 23.5 Å². The molecule has 5 rings (SSSR count). The van der Waals surface area contributed by atoms with Crippen LogP contribution < -0.4 is 19.3 Å². The molecule has 3 aromatic rings. The lowest BCUT2D eigenvalue weighted by molar-refractivity contribution is 0.0944. The van der Waals surface area contributed by atoms with Gasteiger partial charge in [-0.1, -0.05) is 6.42 Å². The molecule has 2 amide bonds. The lowest BCUT2D eigenvalue weighted by Crippen LogP contribution is -2.45. The highest BCUT2D eigenvalue weighted by Gasteiger charge is 2.34. The number of carbonyl (C=O) groups excluding carboxylic acids is 2. The van der Waals surface area contributed by atoms with Crippen molar-refractivity contribution in [2.24, 2.45) is 5.92 Å². The first-order valence-corrected chi connectivity index (χ1v) is 13.0. The molecule has 0 aliphatic carbocycles. The molecule has 0 bridgehead atoms. The van der Waals surface area contributed by atoms with Gasteiger partial charge in [-0.05, 0) is 51.4 Å². The quantitative estimate of drug-likeness (QED) is 0.458. The predicted octanol–water partition coefficient (Wildman–Crippen LogP) is 4.99. The van der Waals surface area contributed by atoms with Gasteiger partial charge in [0.25, 0.3) is 0 Å². The third kappa shape index (κ3) is 4.80. The molecule has 1 atom stereocenters. The SMILES string of the molecule is COc1cc(OC)c(F)c(N2Cc3cnc4[nH]c(C(=O)CC5CCCCN(C)CC5)cc4c3N(C)C2=O)c1. The van der Waals surface area contributed by atoms with Crippen LogP contribution in [0.3, 0.4) is 0 Å². The summed E-state index contributed by atoms with van der Waals surface area (Å²) in [5.74, 6) is 0.118. The third-order valence-electron chi connectivity index (χ3n) is 7.72. The number of hydrogen-bond acceptors (Lipinski definition) is 6. The van der Waals surface area contributed by atoms with Crippen molar-refractivity contribution in [2.45, 2.75) is 38.6 Å². The minimum Gasteiger partial charge on any atom is -0.497 e. The number of benzene rings is 1. The second-order valence-corrected chi connectivity index (χ2v) is 10.2. The average Bonchev–Trinajstić information content (AvgIpc) is 3.35. The molecule has 202 valence electrons. The van der Waals surface area contributed by atoms with E-state index in [1.165, 1.54) is 36.2 Å². The fourth-order valence-corrected chi connectivity index (χ4v) is 5.54. The predicted molar refractivity (Wildman–Crippen MR) is 144 cm³/mol. The number of rotatable bonds is 6. The Labute approximate surface area is 221 Å². The van der Waals surface area contributed by atoms with Crippen molar-refractivity contribution in [1.82, 2.24) is 14.9 Å². The second-order valence-electron chi connectivity index (χ2n) is 10.2. The Bertz CT molecular complexity index is 1370. The number of fused-ring (bicyclic) bond motifs is 3. The summed E-state index contributed by atoms with van der Waals surface area (Å²) in [6.07, 6.45) is 6.52.